The van der Waals surface area contributed by atoms with Crippen LogP contribution >= 0.6 is 12.4 Å². The van der Waals surface area contributed by atoms with Gasteiger partial charge in [0.05, 0.1) is 12.7 Å². The van der Waals surface area contributed by atoms with Crippen LogP contribution in [0.1, 0.15) is 50.3 Å². The summed E-state index contributed by atoms with van der Waals surface area (Å²) in [6, 6.07) is 4.20. The second-order valence-electron chi connectivity index (χ2n) is 6.93. The lowest BCUT2D eigenvalue weighted by Crippen LogP contribution is -2.49. The summed E-state index contributed by atoms with van der Waals surface area (Å²) in [5.74, 6) is 0.405. The summed E-state index contributed by atoms with van der Waals surface area (Å²) < 4.78 is 5.62. The largest absolute Gasteiger partial charge is 0.464 e. The van der Waals surface area contributed by atoms with Crippen LogP contribution in [0.5, 0.6) is 0 Å². The Morgan fingerprint density at radius 3 is 2.57 bits per heavy atom. The minimum Gasteiger partial charge on any atom is -0.464 e. The first-order chi connectivity index (χ1) is 10.2. The molecule has 1 aromatic carbocycles. The smallest absolute Gasteiger partial charge is 0.225 e. The number of fused-ring (bicyclic) bond motifs is 1. The monoisotopic (exact) mass is 338 g/mol. The Balaban J connectivity index is 0.00000264. The van der Waals surface area contributed by atoms with E-state index >= 15 is 0 Å². The number of furan rings is 1. The zero-order valence-corrected chi connectivity index (χ0v) is 15.3. The molecule has 0 fully saturated rings. The highest BCUT2D eigenvalue weighted by molar-refractivity contribution is 5.88. The molecule has 3 N–H and O–H groups in total. The van der Waals surface area contributed by atoms with Crippen LogP contribution in [0.25, 0.3) is 11.0 Å². The van der Waals surface area contributed by atoms with Crippen LogP contribution in [0.2, 0.25) is 0 Å². The SMILES string of the molecule is Cc1cc2occ(CC(=O)NC(C)(C)CN)c2cc1C(C)C.Cl. The fraction of sp³-hybridized carbons (Fsp3) is 0.500. The molecule has 5 heteroatoms. The van der Waals surface area contributed by atoms with E-state index in [1.807, 2.05) is 13.8 Å². The summed E-state index contributed by atoms with van der Waals surface area (Å²) in [4.78, 5) is 12.2. The van der Waals surface area contributed by atoms with Crippen LogP contribution in [0.4, 0.5) is 0 Å². The number of benzene rings is 1. The maximum Gasteiger partial charge on any atom is 0.225 e. The molecule has 0 radical (unpaired) electrons. The molecule has 1 aromatic heterocycles. The van der Waals surface area contributed by atoms with E-state index in [2.05, 4.69) is 38.2 Å². The van der Waals surface area contributed by atoms with Crippen LogP contribution in [0.3, 0.4) is 0 Å². The molecule has 1 heterocycles. The molecule has 128 valence electrons. The zero-order chi connectivity index (χ0) is 16.5. The van der Waals surface area contributed by atoms with E-state index in [9.17, 15) is 4.79 Å². The molecule has 2 rings (SSSR count). The molecule has 0 saturated heterocycles. The van der Waals surface area contributed by atoms with E-state index in [-0.39, 0.29) is 18.3 Å². The predicted octanol–water partition coefficient (Wildman–Crippen LogP) is 3.68. The minimum absolute atomic E-state index is 0. The molecule has 0 aliphatic rings. The Hall–Kier alpha value is -1.52. The molecular formula is C18H27ClN2O2. The molecule has 4 nitrogen and oxygen atoms in total. The summed E-state index contributed by atoms with van der Waals surface area (Å²) >= 11 is 0. The van der Waals surface area contributed by atoms with Gasteiger partial charge in [0.25, 0.3) is 0 Å². The van der Waals surface area contributed by atoms with Gasteiger partial charge in [0.2, 0.25) is 5.91 Å². The highest BCUT2D eigenvalue weighted by Crippen LogP contribution is 2.29. The van der Waals surface area contributed by atoms with Crippen molar-refractivity contribution < 1.29 is 9.21 Å². The van der Waals surface area contributed by atoms with Gasteiger partial charge in [-0.1, -0.05) is 13.8 Å². The van der Waals surface area contributed by atoms with Crippen molar-refractivity contribution in [1.82, 2.24) is 5.32 Å². The Morgan fingerprint density at radius 1 is 1.35 bits per heavy atom. The number of hydrogen-bond acceptors (Lipinski definition) is 3. The zero-order valence-electron chi connectivity index (χ0n) is 14.5. The first-order valence-corrected chi connectivity index (χ1v) is 7.75. The molecule has 0 spiro atoms. The normalized spacial score (nSPS) is 11.6. The maximum atomic E-state index is 12.2. The average Bonchev–Trinajstić information content (AvgIpc) is 2.79. The fourth-order valence-electron chi connectivity index (χ4n) is 2.65. The Kier molecular flexibility index (Phi) is 6.25. The van der Waals surface area contributed by atoms with Gasteiger partial charge >= 0.3 is 0 Å². The number of carbonyl (C=O) groups excluding carboxylic acids is 1. The molecule has 0 aliphatic carbocycles. The summed E-state index contributed by atoms with van der Waals surface area (Å²) in [6.45, 7) is 10.7. The summed E-state index contributed by atoms with van der Waals surface area (Å²) in [6.07, 6.45) is 1.99. The first-order valence-electron chi connectivity index (χ1n) is 7.75. The van der Waals surface area contributed by atoms with E-state index in [1.165, 1.54) is 11.1 Å². The van der Waals surface area contributed by atoms with Crippen molar-refractivity contribution in [3.05, 3.63) is 35.1 Å². The van der Waals surface area contributed by atoms with Gasteiger partial charge in [-0.05, 0) is 49.9 Å². The molecule has 1 amide bonds. The van der Waals surface area contributed by atoms with E-state index in [0.717, 1.165) is 16.5 Å². The number of rotatable bonds is 5. The van der Waals surface area contributed by atoms with Crippen molar-refractivity contribution in [1.29, 1.82) is 0 Å². The van der Waals surface area contributed by atoms with Crippen LogP contribution in [-0.4, -0.2) is 18.0 Å². The molecule has 23 heavy (non-hydrogen) atoms. The molecule has 0 unspecified atom stereocenters. The van der Waals surface area contributed by atoms with Crippen molar-refractivity contribution in [3.63, 3.8) is 0 Å². The molecule has 2 aromatic rings. The number of halogens is 1. The van der Waals surface area contributed by atoms with Crippen molar-refractivity contribution in [3.8, 4) is 0 Å². The Labute approximate surface area is 144 Å². The second kappa shape index (κ2) is 7.37. The van der Waals surface area contributed by atoms with Crippen molar-refractivity contribution in [2.45, 2.75) is 52.5 Å². The van der Waals surface area contributed by atoms with Gasteiger partial charge in [-0.25, -0.2) is 0 Å². The molecule has 0 saturated carbocycles. The molecule has 0 bridgehead atoms. The lowest BCUT2D eigenvalue weighted by atomic mass is 9.95. The number of hydrogen-bond donors (Lipinski definition) is 2. The highest BCUT2D eigenvalue weighted by Gasteiger charge is 2.20. The van der Waals surface area contributed by atoms with Crippen LogP contribution in [0.15, 0.2) is 22.8 Å². The third-order valence-electron chi connectivity index (χ3n) is 4.00. The lowest BCUT2D eigenvalue weighted by Gasteiger charge is -2.24. The fourth-order valence-corrected chi connectivity index (χ4v) is 2.65. The van der Waals surface area contributed by atoms with Gasteiger partial charge in [0.15, 0.2) is 0 Å². The van der Waals surface area contributed by atoms with Crippen LogP contribution in [0, 0.1) is 6.92 Å². The quantitative estimate of drug-likeness (QED) is 0.873. The van der Waals surface area contributed by atoms with Gasteiger partial charge in [-0.15, -0.1) is 12.4 Å². The molecule has 0 aliphatic heterocycles. The third-order valence-corrected chi connectivity index (χ3v) is 4.00. The Morgan fingerprint density at radius 2 is 2.00 bits per heavy atom. The lowest BCUT2D eigenvalue weighted by molar-refractivity contribution is -0.121. The summed E-state index contributed by atoms with van der Waals surface area (Å²) in [7, 11) is 0. The van der Waals surface area contributed by atoms with Crippen molar-refractivity contribution in [2.24, 2.45) is 5.73 Å². The topological polar surface area (TPSA) is 68.3 Å². The van der Waals surface area contributed by atoms with Crippen LogP contribution < -0.4 is 11.1 Å². The number of nitrogens with one attached hydrogen (secondary N) is 1. The van der Waals surface area contributed by atoms with E-state index in [4.69, 9.17) is 10.2 Å². The number of carbonyl (C=O) groups is 1. The molecular weight excluding hydrogens is 312 g/mol. The minimum atomic E-state index is -0.393. The van der Waals surface area contributed by atoms with E-state index < -0.39 is 5.54 Å². The van der Waals surface area contributed by atoms with Crippen molar-refractivity contribution in [2.75, 3.05) is 6.54 Å². The van der Waals surface area contributed by atoms with Crippen molar-refractivity contribution >= 4 is 29.3 Å². The van der Waals surface area contributed by atoms with E-state index in [1.54, 1.807) is 6.26 Å². The number of aryl methyl sites for hydroxylation is 1. The first kappa shape index (κ1) is 19.5. The van der Waals surface area contributed by atoms with Gasteiger partial charge in [-0.3, -0.25) is 4.79 Å². The second-order valence-corrected chi connectivity index (χ2v) is 6.93. The number of nitrogens with two attached hydrogens (primary N) is 1. The van der Waals surface area contributed by atoms with Gasteiger partial charge in [0.1, 0.15) is 5.58 Å². The average molecular weight is 339 g/mol. The summed E-state index contributed by atoms with van der Waals surface area (Å²) in [5.41, 5.74) is 9.53. The maximum absolute atomic E-state index is 12.2. The predicted molar refractivity (Wildman–Crippen MR) is 97.3 cm³/mol. The Bertz CT molecular complexity index is 690. The van der Waals surface area contributed by atoms with Gasteiger partial charge < -0.3 is 15.5 Å². The van der Waals surface area contributed by atoms with Gasteiger partial charge in [0, 0.05) is 23.0 Å². The standard InChI is InChI=1S/C18H26N2O2.ClH/c1-11(2)14-8-15-13(9-22-16(15)6-12(14)3)7-17(21)20-18(4,5)10-19;/h6,8-9,11H,7,10,19H2,1-5H3,(H,20,21);1H. The number of amides is 1. The third kappa shape index (κ3) is 4.49. The highest BCUT2D eigenvalue weighted by atomic mass is 35.5. The molecule has 0 atom stereocenters. The van der Waals surface area contributed by atoms with Crippen LogP contribution in [-0.2, 0) is 11.2 Å². The summed E-state index contributed by atoms with van der Waals surface area (Å²) in [5, 5.41) is 3.98. The van der Waals surface area contributed by atoms with E-state index in [0.29, 0.717) is 18.9 Å². The van der Waals surface area contributed by atoms with Gasteiger partial charge in [-0.2, -0.15) is 0 Å².